The molecule has 0 radical (unpaired) electrons. The van der Waals surface area contributed by atoms with Gasteiger partial charge in [-0.3, -0.25) is 0 Å². The molecule has 0 atom stereocenters. The Bertz CT molecular complexity index is 319. The third-order valence-electron chi connectivity index (χ3n) is 2.05. The van der Waals surface area contributed by atoms with Crippen molar-refractivity contribution in [3.8, 4) is 11.8 Å². The summed E-state index contributed by atoms with van der Waals surface area (Å²) in [5.74, 6) is 5.28. The number of nitrogens with zero attached hydrogens (tertiary/aromatic N) is 1. The fourth-order valence-corrected chi connectivity index (χ4v) is 1.24. The van der Waals surface area contributed by atoms with Crippen molar-refractivity contribution in [2.75, 3.05) is 13.1 Å². The monoisotopic (exact) mass is 247 g/mol. The van der Waals surface area contributed by atoms with Crippen LogP contribution in [-0.2, 0) is 0 Å². The highest BCUT2D eigenvalue weighted by atomic mass is 19.4. The lowest BCUT2D eigenvalue weighted by Gasteiger charge is -2.25. The second kappa shape index (κ2) is 6.00. The van der Waals surface area contributed by atoms with E-state index in [9.17, 15) is 13.2 Å². The van der Waals surface area contributed by atoms with Crippen LogP contribution >= 0.6 is 0 Å². The van der Waals surface area contributed by atoms with Crippen LogP contribution in [0.15, 0.2) is 11.8 Å². The van der Waals surface area contributed by atoms with Crippen LogP contribution in [0.5, 0.6) is 0 Å². The molecule has 0 saturated heterocycles. The van der Waals surface area contributed by atoms with Crippen molar-refractivity contribution in [2.24, 2.45) is 5.41 Å². The first-order valence-electron chi connectivity index (χ1n) is 5.66. The third kappa shape index (κ3) is 6.25. The second-order valence-corrected chi connectivity index (χ2v) is 4.72. The van der Waals surface area contributed by atoms with Crippen molar-refractivity contribution in [1.82, 2.24) is 4.90 Å². The lowest BCUT2D eigenvalue weighted by atomic mass is 9.98. The smallest absolute Gasteiger partial charge is 0.368 e. The van der Waals surface area contributed by atoms with Crippen molar-refractivity contribution in [3.63, 3.8) is 0 Å². The van der Waals surface area contributed by atoms with Gasteiger partial charge < -0.3 is 4.90 Å². The lowest BCUT2D eigenvalue weighted by molar-refractivity contribution is -0.110. The molecule has 0 saturated carbocycles. The van der Waals surface area contributed by atoms with Gasteiger partial charge in [0.05, 0.1) is 0 Å². The van der Waals surface area contributed by atoms with E-state index in [1.165, 1.54) is 4.90 Å². The largest absolute Gasteiger partial charge is 0.431 e. The van der Waals surface area contributed by atoms with Crippen LogP contribution in [0.4, 0.5) is 13.2 Å². The Labute approximate surface area is 102 Å². The number of allylic oxidation sites excluding steroid dienone is 2. The minimum absolute atomic E-state index is 0.295. The van der Waals surface area contributed by atoms with Crippen LogP contribution in [0.25, 0.3) is 0 Å². The average molecular weight is 247 g/mol. The van der Waals surface area contributed by atoms with E-state index in [1.807, 2.05) is 20.8 Å². The molecule has 1 nitrogen and oxygen atoms in total. The molecule has 4 heteroatoms. The van der Waals surface area contributed by atoms with Gasteiger partial charge in [0, 0.05) is 24.6 Å². The van der Waals surface area contributed by atoms with E-state index < -0.39 is 11.9 Å². The molecule has 0 aromatic rings. The summed E-state index contributed by atoms with van der Waals surface area (Å²) in [6.45, 7) is 9.61. The predicted octanol–water partition coefficient (Wildman–Crippen LogP) is 3.82. The number of halogens is 3. The molecule has 98 valence electrons. The van der Waals surface area contributed by atoms with E-state index in [-0.39, 0.29) is 5.41 Å². The molecule has 0 aromatic heterocycles. The SMILES string of the molecule is CCN(CC)/C(=C/C#CC(C)(C)C)C(F)(F)F. The van der Waals surface area contributed by atoms with Crippen molar-refractivity contribution >= 4 is 0 Å². The maximum atomic E-state index is 12.8. The van der Waals surface area contributed by atoms with Crippen LogP contribution in [0.1, 0.15) is 34.6 Å². The zero-order chi connectivity index (χ0) is 13.7. The highest BCUT2D eigenvalue weighted by Gasteiger charge is 2.36. The van der Waals surface area contributed by atoms with Crippen LogP contribution in [0, 0.1) is 17.3 Å². The topological polar surface area (TPSA) is 3.24 Å². The number of hydrogen-bond acceptors (Lipinski definition) is 1. The number of hydrogen-bond donors (Lipinski definition) is 0. The summed E-state index contributed by atoms with van der Waals surface area (Å²) in [7, 11) is 0. The van der Waals surface area contributed by atoms with Gasteiger partial charge in [-0.05, 0) is 34.6 Å². The summed E-state index contributed by atoms with van der Waals surface area (Å²) >= 11 is 0. The van der Waals surface area contributed by atoms with E-state index in [2.05, 4.69) is 11.8 Å². The highest BCUT2D eigenvalue weighted by Crippen LogP contribution is 2.28. The Hall–Kier alpha value is -1.11. The van der Waals surface area contributed by atoms with Crippen LogP contribution in [-0.4, -0.2) is 24.2 Å². The van der Waals surface area contributed by atoms with Crippen LogP contribution in [0.2, 0.25) is 0 Å². The van der Waals surface area contributed by atoms with E-state index in [0.717, 1.165) is 6.08 Å². The molecular weight excluding hydrogens is 227 g/mol. The highest BCUT2D eigenvalue weighted by molar-refractivity contribution is 5.25. The minimum atomic E-state index is -4.35. The molecule has 0 rings (SSSR count). The second-order valence-electron chi connectivity index (χ2n) is 4.72. The minimum Gasteiger partial charge on any atom is -0.368 e. The molecule has 0 aliphatic rings. The van der Waals surface area contributed by atoms with E-state index in [4.69, 9.17) is 0 Å². The Morgan fingerprint density at radius 2 is 1.59 bits per heavy atom. The van der Waals surface area contributed by atoms with Crippen LogP contribution < -0.4 is 0 Å². The first-order valence-corrected chi connectivity index (χ1v) is 5.66. The fourth-order valence-electron chi connectivity index (χ4n) is 1.24. The third-order valence-corrected chi connectivity index (χ3v) is 2.05. The van der Waals surface area contributed by atoms with Gasteiger partial charge in [0.1, 0.15) is 5.70 Å². The fraction of sp³-hybridized carbons (Fsp3) is 0.692. The first-order chi connectivity index (χ1) is 7.61. The zero-order valence-corrected chi connectivity index (χ0v) is 11.1. The molecule has 0 bridgehead atoms. The van der Waals surface area contributed by atoms with Gasteiger partial charge in [0.2, 0.25) is 0 Å². The van der Waals surface area contributed by atoms with Crippen LogP contribution in [0.3, 0.4) is 0 Å². The lowest BCUT2D eigenvalue weighted by Crippen LogP contribution is -2.31. The van der Waals surface area contributed by atoms with E-state index >= 15 is 0 Å². The molecule has 17 heavy (non-hydrogen) atoms. The first kappa shape index (κ1) is 15.9. The molecule has 0 unspecified atom stereocenters. The summed E-state index contributed by atoms with van der Waals surface area (Å²) in [6, 6.07) is 0. The number of alkyl halides is 3. The van der Waals surface area contributed by atoms with Crippen molar-refractivity contribution in [3.05, 3.63) is 11.8 Å². The van der Waals surface area contributed by atoms with Gasteiger partial charge in [0.15, 0.2) is 0 Å². The van der Waals surface area contributed by atoms with Gasteiger partial charge in [0.25, 0.3) is 0 Å². The summed E-state index contributed by atoms with van der Waals surface area (Å²) in [5.41, 5.74) is -0.963. The summed E-state index contributed by atoms with van der Waals surface area (Å²) < 4.78 is 38.4. The number of rotatable bonds is 3. The molecule has 0 N–H and O–H groups in total. The van der Waals surface area contributed by atoms with E-state index in [0.29, 0.717) is 13.1 Å². The Kier molecular flexibility index (Phi) is 5.60. The Balaban J connectivity index is 5.19. The van der Waals surface area contributed by atoms with Crippen molar-refractivity contribution in [1.29, 1.82) is 0 Å². The zero-order valence-electron chi connectivity index (χ0n) is 11.1. The molecule has 0 heterocycles. The molecule has 0 aliphatic heterocycles. The molecule has 0 aromatic carbocycles. The molecule has 0 aliphatic carbocycles. The summed E-state index contributed by atoms with van der Waals surface area (Å²) in [5, 5.41) is 0. The Morgan fingerprint density at radius 1 is 1.12 bits per heavy atom. The molecule has 0 amide bonds. The summed E-state index contributed by atoms with van der Waals surface area (Å²) in [6.07, 6.45) is -3.38. The van der Waals surface area contributed by atoms with Crippen molar-refractivity contribution < 1.29 is 13.2 Å². The standard InChI is InChI=1S/C13H20F3N/c1-6-17(7-2)11(13(14,15)16)9-8-10-12(3,4)5/h9H,6-7H2,1-5H3/b11-9+. The van der Waals surface area contributed by atoms with Gasteiger partial charge in [-0.25, -0.2) is 0 Å². The predicted molar refractivity (Wildman–Crippen MR) is 64.3 cm³/mol. The maximum absolute atomic E-state index is 12.8. The normalized spacial score (nSPS) is 13.1. The Morgan fingerprint density at radius 3 is 1.88 bits per heavy atom. The summed E-state index contributed by atoms with van der Waals surface area (Å²) in [4.78, 5) is 1.26. The van der Waals surface area contributed by atoms with Gasteiger partial charge in [-0.15, -0.1) is 0 Å². The molecule has 0 fully saturated rings. The van der Waals surface area contributed by atoms with Gasteiger partial charge in [-0.1, -0.05) is 11.8 Å². The quantitative estimate of drug-likeness (QED) is 0.685. The molecule has 0 spiro atoms. The average Bonchev–Trinajstić information content (AvgIpc) is 2.13. The van der Waals surface area contributed by atoms with Gasteiger partial charge in [-0.2, -0.15) is 13.2 Å². The molecular formula is C13H20F3N. The van der Waals surface area contributed by atoms with Gasteiger partial charge >= 0.3 is 6.18 Å². The maximum Gasteiger partial charge on any atom is 0.431 e. The van der Waals surface area contributed by atoms with E-state index in [1.54, 1.807) is 13.8 Å². The van der Waals surface area contributed by atoms with Crippen molar-refractivity contribution in [2.45, 2.75) is 40.8 Å².